The fourth-order valence-electron chi connectivity index (χ4n) is 2.62. The summed E-state index contributed by atoms with van der Waals surface area (Å²) in [6, 6.07) is 6.61. The highest BCUT2D eigenvalue weighted by atomic mass is 19.1. The van der Waals surface area contributed by atoms with Crippen molar-refractivity contribution in [3.05, 3.63) is 47.3 Å². The lowest BCUT2D eigenvalue weighted by Crippen LogP contribution is -2.28. The number of allylic oxidation sites excluding steroid dienone is 1. The van der Waals surface area contributed by atoms with E-state index in [2.05, 4.69) is 6.92 Å². The predicted molar refractivity (Wildman–Crippen MR) is 77.0 cm³/mol. The second-order valence-electron chi connectivity index (χ2n) is 5.43. The summed E-state index contributed by atoms with van der Waals surface area (Å²) >= 11 is 0. The SMILES string of the molecule is CC1CCC1/C(=C\C(=N)C(N)=O)Cc1ccccc1F. The van der Waals surface area contributed by atoms with Crippen molar-refractivity contribution in [1.82, 2.24) is 0 Å². The molecule has 106 valence electrons. The molecule has 0 aromatic heterocycles. The van der Waals surface area contributed by atoms with Gasteiger partial charge >= 0.3 is 0 Å². The predicted octanol–water partition coefficient (Wildman–Crippen LogP) is 2.85. The summed E-state index contributed by atoms with van der Waals surface area (Å²) in [7, 11) is 0. The fourth-order valence-corrected chi connectivity index (χ4v) is 2.62. The van der Waals surface area contributed by atoms with Gasteiger partial charge in [-0.15, -0.1) is 0 Å². The van der Waals surface area contributed by atoms with E-state index < -0.39 is 5.91 Å². The molecule has 2 atom stereocenters. The Kier molecular flexibility index (Phi) is 4.32. The van der Waals surface area contributed by atoms with E-state index in [4.69, 9.17) is 11.1 Å². The Labute approximate surface area is 118 Å². The average Bonchev–Trinajstić information content (AvgIpc) is 2.39. The van der Waals surface area contributed by atoms with E-state index in [0.717, 1.165) is 18.4 Å². The zero-order chi connectivity index (χ0) is 14.7. The van der Waals surface area contributed by atoms with E-state index in [9.17, 15) is 9.18 Å². The van der Waals surface area contributed by atoms with Gasteiger partial charge in [0.2, 0.25) is 0 Å². The molecule has 3 nitrogen and oxygen atoms in total. The molecule has 1 aliphatic rings. The van der Waals surface area contributed by atoms with E-state index in [-0.39, 0.29) is 11.5 Å². The Morgan fingerprint density at radius 2 is 2.15 bits per heavy atom. The van der Waals surface area contributed by atoms with Gasteiger partial charge in [-0.25, -0.2) is 4.39 Å². The molecule has 0 heterocycles. The fraction of sp³-hybridized carbons (Fsp3) is 0.375. The number of hydrogen-bond donors (Lipinski definition) is 2. The van der Waals surface area contributed by atoms with Gasteiger partial charge in [0.05, 0.1) is 0 Å². The molecular formula is C16H19FN2O. The molecule has 1 amide bonds. The van der Waals surface area contributed by atoms with E-state index in [1.807, 2.05) is 0 Å². The quantitative estimate of drug-likeness (QED) is 0.797. The lowest BCUT2D eigenvalue weighted by Gasteiger charge is -2.36. The molecule has 0 saturated heterocycles. The van der Waals surface area contributed by atoms with Gasteiger partial charge < -0.3 is 5.73 Å². The van der Waals surface area contributed by atoms with Gasteiger partial charge in [0, 0.05) is 0 Å². The van der Waals surface area contributed by atoms with E-state index in [0.29, 0.717) is 23.8 Å². The number of nitrogens with two attached hydrogens (primary N) is 1. The summed E-state index contributed by atoms with van der Waals surface area (Å²) in [5.41, 5.74) is 6.43. The van der Waals surface area contributed by atoms with Crippen molar-refractivity contribution >= 4 is 11.6 Å². The first kappa shape index (κ1) is 14.4. The summed E-state index contributed by atoms with van der Waals surface area (Å²) in [4.78, 5) is 11.0. The van der Waals surface area contributed by atoms with Gasteiger partial charge in [-0.05, 0) is 48.8 Å². The third kappa shape index (κ3) is 3.13. The number of nitrogens with one attached hydrogen (secondary N) is 1. The number of carbonyl (C=O) groups excluding carboxylic acids is 1. The number of rotatable bonds is 5. The smallest absolute Gasteiger partial charge is 0.266 e. The summed E-state index contributed by atoms with van der Waals surface area (Å²) in [5, 5.41) is 7.61. The maximum absolute atomic E-state index is 13.8. The molecule has 3 N–H and O–H groups in total. The van der Waals surface area contributed by atoms with Crippen LogP contribution in [0, 0.1) is 23.1 Å². The molecule has 1 aliphatic carbocycles. The summed E-state index contributed by atoms with van der Waals surface area (Å²) in [6.45, 7) is 2.14. The highest BCUT2D eigenvalue weighted by Crippen LogP contribution is 2.40. The maximum Gasteiger partial charge on any atom is 0.266 e. The monoisotopic (exact) mass is 274 g/mol. The van der Waals surface area contributed by atoms with Gasteiger partial charge in [-0.3, -0.25) is 10.2 Å². The van der Waals surface area contributed by atoms with Crippen LogP contribution in [0.3, 0.4) is 0 Å². The van der Waals surface area contributed by atoms with Crippen LogP contribution < -0.4 is 5.73 Å². The number of amides is 1. The molecule has 20 heavy (non-hydrogen) atoms. The summed E-state index contributed by atoms with van der Waals surface area (Å²) < 4.78 is 13.8. The number of primary amides is 1. The van der Waals surface area contributed by atoms with Gasteiger partial charge in [0.15, 0.2) is 0 Å². The van der Waals surface area contributed by atoms with Crippen molar-refractivity contribution < 1.29 is 9.18 Å². The van der Waals surface area contributed by atoms with Crippen LogP contribution in [0.15, 0.2) is 35.9 Å². The second kappa shape index (κ2) is 5.99. The summed E-state index contributed by atoms with van der Waals surface area (Å²) in [6.07, 6.45) is 4.10. The Morgan fingerprint density at radius 1 is 1.45 bits per heavy atom. The Bertz CT molecular complexity index is 565. The van der Waals surface area contributed by atoms with Gasteiger partial charge in [-0.2, -0.15) is 0 Å². The van der Waals surface area contributed by atoms with Crippen LogP contribution in [0.4, 0.5) is 4.39 Å². The normalized spacial score (nSPS) is 22.2. The zero-order valence-corrected chi connectivity index (χ0v) is 11.5. The van der Waals surface area contributed by atoms with Crippen LogP contribution in [0.25, 0.3) is 0 Å². The van der Waals surface area contributed by atoms with Gasteiger partial charge in [0.25, 0.3) is 5.91 Å². The molecule has 2 rings (SSSR count). The van der Waals surface area contributed by atoms with Crippen LogP contribution in [-0.4, -0.2) is 11.6 Å². The van der Waals surface area contributed by atoms with Crippen molar-refractivity contribution in [3.8, 4) is 0 Å². The van der Waals surface area contributed by atoms with Crippen molar-refractivity contribution in [2.45, 2.75) is 26.2 Å². The maximum atomic E-state index is 13.8. The van der Waals surface area contributed by atoms with Crippen molar-refractivity contribution in [2.24, 2.45) is 17.6 Å². The number of carbonyl (C=O) groups is 1. The summed E-state index contributed by atoms with van der Waals surface area (Å²) in [5.74, 6) is -0.179. The minimum absolute atomic E-state index is 0.213. The van der Waals surface area contributed by atoms with Crippen LogP contribution in [-0.2, 0) is 11.2 Å². The lowest BCUT2D eigenvalue weighted by atomic mass is 9.69. The van der Waals surface area contributed by atoms with Gasteiger partial charge in [0.1, 0.15) is 11.5 Å². The third-order valence-electron chi connectivity index (χ3n) is 4.04. The molecule has 0 radical (unpaired) electrons. The largest absolute Gasteiger partial charge is 0.364 e. The number of hydrogen-bond acceptors (Lipinski definition) is 2. The van der Waals surface area contributed by atoms with Crippen LogP contribution in [0.5, 0.6) is 0 Å². The molecule has 0 bridgehead atoms. The van der Waals surface area contributed by atoms with E-state index in [1.165, 1.54) is 12.1 Å². The third-order valence-corrected chi connectivity index (χ3v) is 4.04. The average molecular weight is 274 g/mol. The molecule has 1 saturated carbocycles. The minimum Gasteiger partial charge on any atom is -0.364 e. The molecular weight excluding hydrogens is 255 g/mol. The number of halogens is 1. The first-order valence-corrected chi connectivity index (χ1v) is 6.81. The molecule has 0 spiro atoms. The van der Waals surface area contributed by atoms with Crippen molar-refractivity contribution in [2.75, 3.05) is 0 Å². The van der Waals surface area contributed by atoms with Crippen LogP contribution >= 0.6 is 0 Å². The zero-order valence-electron chi connectivity index (χ0n) is 11.5. The van der Waals surface area contributed by atoms with E-state index >= 15 is 0 Å². The first-order valence-electron chi connectivity index (χ1n) is 6.81. The van der Waals surface area contributed by atoms with Gasteiger partial charge in [-0.1, -0.05) is 30.7 Å². The van der Waals surface area contributed by atoms with Crippen LogP contribution in [0.1, 0.15) is 25.3 Å². The Balaban J connectivity index is 2.25. The van der Waals surface area contributed by atoms with Crippen LogP contribution in [0.2, 0.25) is 0 Å². The molecule has 2 unspecified atom stereocenters. The molecule has 4 heteroatoms. The van der Waals surface area contributed by atoms with Crippen molar-refractivity contribution in [1.29, 1.82) is 5.41 Å². The minimum atomic E-state index is -0.747. The first-order chi connectivity index (χ1) is 9.49. The highest BCUT2D eigenvalue weighted by Gasteiger charge is 2.30. The Hall–Kier alpha value is -1.97. The Morgan fingerprint density at radius 3 is 2.65 bits per heavy atom. The topological polar surface area (TPSA) is 66.9 Å². The molecule has 0 aliphatic heterocycles. The molecule has 1 fully saturated rings. The highest BCUT2D eigenvalue weighted by molar-refractivity contribution is 6.41. The lowest BCUT2D eigenvalue weighted by molar-refractivity contribution is -0.111. The number of benzene rings is 1. The molecule has 1 aromatic carbocycles. The van der Waals surface area contributed by atoms with Crippen molar-refractivity contribution in [3.63, 3.8) is 0 Å². The standard InChI is InChI=1S/C16H19FN2O/c1-10-6-7-13(10)12(9-15(18)16(19)20)8-11-4-2-3-5-14(11)17/h2-5,9-10,13,18H,6-8H2,1H3,(H2,19,20)/b12-9-,18-15?. The molecule has 1 aromatic rings. The second-order valence-corrected chi connectivity index (χ2v) is 5.43. The van der Waals surface area contributed by atoms with E-state index in [1.54, 1.807) is 18.2 Å².